The van der Waals surface area contributed by atoms with Gasteiger partial charge >= 0.3 is 5.97 Å². The molecule has 0 bridgehead atoms. The maximum Gasteiger partial charge on any atom is 0.303 e. The second kappa shape index (κ2) is 6.05. The van der Waals surface area contributed by atoms with Gasteiger partial charge in [-0.3, -0.25) is 9.59 Å². The smallest absolute Gasteiger partial charge is 0.303 e. The Kier molecular flexibility index (Phi) is 4.70. The first-order valence-corrected chi connectivity index (χ1v) is 5.41. The van der Waals surface area contributed by atoms with Gasteiger partial charge < -0.3 is 4.74 Å². The molecule has 1 aromatic rings. The van der Waals surface area contributed by atoms with Crippen LogP contribution in [0, 0.1) is 0 Å². The highest BCUT2D eigenvalue weighted by Crippen LogP contribution is 2.11. The van der Waals surface area contributed by atoms with Crippen molar-refractivity contribution in [1.29, 1.82) is 0 Å². The van der Waals surface area contributed by atoms with Gasteiger partial charge in [-0.1, -0.05) is 43.7 Å². The minimum Gasteiger partial charge on any atom is -0.454 e. The molecular weight excluding hydrogens is 204 g/mol. The van der Waals surface area contributed by atoms with Crippen LogP contribution in [0.3, 0.4) is 0 Å². The SMILES string of the molecule is CCC[C@@H](OC(C)=O)C(=O)c1ccccc1. The maximum absolute atomic E-state index is 12.0. The Balaban J connectivity index is 2.78. The Hall–Kier alpha value is -1.64. The van der Waals surface area contributed by atoms with Crippen molar-refractivity contribution < 1.29 is 14.3 Å². The van der Waals surface area contributed by atoms with E-state index in [0.717, 1.165) is 6.42 Å². The summed E-state index contributed by atoms with van der Waals surface area (Å²) in [5.41, 5.74) is 0.585. The van der Waals surface area contributed by atoms with E-state index in [2.05, 4.69) is 0 Å². The van der Waals surface area contributed by atoms with E-state index >= 15 is 0 Å². The highest BCUT2D eigenvalue weighted by Gasteiger charge is 2.21. The molecule has 0 radical (unpaired) electrons. The van der Waals surface area contributed by atoms with Crippen molar-refractivity contribution in [2.45, 2.75) is 32.8 Å². The molecule has 0 spiro atoms. The summed E-state index contributed by atoms with van der Waals surface area (Å²) in [5.74, 6) is -0.541. The van der Waals surface area contributed by atoms with E-state index in [1.165, 1.54) is 6.92 Å². The molecule has 0 aliphatic rings. The lowest BCUT2D eigenvalue weighted by molar-refractivity contribution is -0.144. The van der Waals surface area contributed by atoms with E-state index in [-0.39, 0.29) is 5.78 Å². The van der Waals surface area contributed by atoms with Crippen molar-refractivity contribution in [3.63, 3.8) is 0 Å². The lowest BCUT2D eigenvalue weighted by Crippen LogP contribution is -2.26. The van der Waals surface area contributed by atoms with Gasteiger partial charge in [0.25, 0.3) is 0 Å². The van der Waals surface area contributed by atoms with E-state index in [1.807, 2.05) is 13.0 Å². The molecular formula is C13H16O3. The molecule has 3 nitrogen and oxygen atoms in total. The van der Waals surface area contributed by atoms with Crippen molar-refractivity contribution in [3.8, 4) is 0 Å². The molecule has 0 N–H and O–H groups in total. The average Bonchev–Trinajstić information content (AvgIpc) is 2.28. The van der Waals surface area contributed by atoms with Crippen LogP contribution in [0.5, 0.6) is 0 Å². The zero-order valence-corrected chi connectivity index (χ0v) is 9.60. The summed E-state index contributed by atoms with van der Waals surface area (Å²) in [4.78, 5) is 22.9. The first kappa shape index (κ1) is 12.4. The third-order valence-corrected chi connectivity index (χ3v) is 2.21. The van der Waals surface area contributed by atoms with Gasteiger partial charge in [0, 0.05) is 12.5 Å². The summed E-state index contributed by atoms with van der Waals surface area (Å²) < 4.78 is 5.02. The normalized spacial score (nSPS) is 11.9. The summed E-state index contributed by atoms with van der Waals surface area (Å²) in [7, 11) is 0. The van der Waals surface area contributed by atoms with Crippen LogP contribution in [-0.2, 0) is 9.53 Å². The quantitative estimate of drug-likeness (QED) is 0.566. The molecule has 1 atom stereocenters. The predicted octanol–water partition coefficient (Wildman–Crippen LogP) is 2.60. The highest BCUT2D eigenvalue weighted by atomic mass is 16.5. The lowest BCUT2D eigenvalue weighted by Gasteiger charge is -2.14. The largest absolute Gasteiger partial charge is 0.454 e. The Morgan fingerprint density at radius 1 is 1.25 bits per heavy atom. The third kappa shape index (κ3) is 3.50. The fourth-order valence-corrected chi connectivity index (χ4v) is 1.49. The number of carbonyl (C=O) groups excluding carboxylic acids is 2. The summed E-state index contributed by atoms with van der Waals surface area (Å²) in [6.07, 6.45) is 0.717. The molecule has 0 unspecified atom stereocenters. The molecule has 0 aromatic heterocycles. The molecule has 0 aliphatic heterocycles. The van der Waals surface area contributed by atoms with Gasteiger partial charge in [-0.2, -0.15) is 0 Å². The van der Waals surface area contributed by atoms with Gasteiger partial charge in [0.2, 0.25) is 5.78 Å². The third-order valence-electron chi connectivity index (χ3n) is 2.21. The molecule has 1 aromatic carbocycles. The van der Waals surface area contributed by atoms with Crippen LogP contribution in [0.15, 0.2) is 30.3 Å². The van der Waals surface area contributed by atoms with Gasteiger partial charge in [0.05, 0.1) is 0 Å². The van der Waals surface area contributed by atoms with E-state index in [9.17, 15) is 9.59 Å². The zero-order valence-electron chi connectivity index (χ0n) is 9.60. The monoisotopic (exact) mass is 220 g/mol. The number of esters is 1. The van der Waals surface area contributed by atoms with E-state index in [4.69, 9.17) is 4.74 Å². The molecule has 0 fully saturated rings. The highest BCUT2D eigenvalue weighted by molar-refractivity contribution is 6.00. The van der Waals surface area contributed by atoms with Crippen LogP contribution in [0.25, 0.3) is 0 Å². The minimum atomic E-state index is -0.648. The summed E-state index contributed by atoms with van der Waals surface area (Å²) in [6.45, 7) is 3.27. The molecule has 0 aliphatic carbocycles. The number of Topliss-reactive ketones (excluding diaryl/α,β-unsaturated/α-hetero) is 1. The van der Waals surface area contributed by atoms with Gasteiger partial charge in [-0.15, -0.1) is 0 Å². The number of ether oxygens (including phenoxy) is 1. The molecule has 0 saturated carbocycles. The number of rotatable bonds is 5. The second-order valence-corrected chi connectivity index (χ2v) is 3.62. The van der Waals surface area contributed by atoms with Crippen LogP contribution in [0.1, 0.15) is 37.0 Å². The number of carbonyl (C=O) groups is 2. The predicted molar refractivity (Wildman–Crippen MR) is 61.2 cm³/mol. The average molecular weight is 220 g/mol. The van der Waals surface area contributed by atoms with Gasteiger partial charge in [0.1, 0.15) is 0 Å². The van der Waals surface area contributed by atoms with Crippen LogP contribution in [0.4, 0.5) is 0 Å². The molecule has 0 saturated heterocycles. The van der Waals surface area contributed by atoms with E-state index < -0.39 is 12.1 Å². The standard InChI is InChI=1S/C13H16O3/c1-3-7-12(16-10(2)14)13(15)11-8-5-4-6-9-11/h4-6,8-9,12H,3,7H2,1-2H3/t12-/m1/s1. The summed E-state index contributed by atoms with van der Waals surface area (Å²) in [5, 5.41) is 0. The first-order chi connectivity index (χ1) is 7.65. The molecule has 0 heterocycles. The lowest BCUT2D eigenvalue weighted by atomic mass is 10.0. The Morgan fingerprint density at radius 3 is 2.38 bits per heavy atom. The minimum absolute atomic E-state index is 0.127. The van der Waals surface area contributed by atoms with Crippen molar-refractivity contribution in [1.82, 2.24) is 0 Å². The van der Waals surface area contributed by atoms with Gasteiger partial charge in [0.15, 0.2) is 6.10 Å². The molecule has 16 heavy (non-hydrogen) atoms. The zero-order chi connectivity index (χ0) is 12.0. The fraction of sp³-hybridized carbons (Fsp3) is 0.385. The summed E-state index contributed by atoms with van der Waals surface area (Å²) >= 11 is 0. The van der Waals surface area contributed by atoms with Crippen LogP contribution in [0.2, 0.25) is 0 Å². The van der Waals surface area contributed by atoms with E-state index in [0.29, 0.717) is 12.0 Å². The summed E-state index contributed by atoms with van der Waals surface area (Å²) in [6, 6.07) is 8.90. The second-order valence-electron chi connectivity index (χ2n) is 3.62. The molecule has 0 amide bonds. The van der Waals surface area contributed by atoms with Crippen molar-refractivity contribution >= 4 is 11.8 Å². The first-order valence-electron chi connectivity index (χ1n) is 5.41. The van der Waals surface area contributed by atoms with Crippen molar-refractivity contribution in [3.05, 3.63) is 35.9 Å². The fourth-order valence-electron chi connectivity index (χ4n) is 1.49. The maximum atomic E-state index is 12.0. The Morgan fingerprint density at radius 2 is 1.88 bits per heavy atom. The van der Waals surface area contributed by atoms with Crippen LogP contribution >= 0.6 is 0 Å². The molecule has 86 valence electrons. The van der Waals surface area contributed by atoms with E-state index in [1.54, 1.807) is 24.3 Å². The number of hydrogen-bond donors (Lipinski definition) is 0. The number of benzene rings is 1. The van der Waals surface area contributed by atoms with Crippen molar-refractivity contribution in [2.24, 2.45) is 0 Å². The van der Waals surface area contributed by atoms with Gasteiger partial charge in [-0.05, 0) is 6.42 Å². The molecule has 3 heteroatoms. The van der Waals surface area contributed by atoms with Crippen molar-refractivity contribution in [2.75, 3.05) is 0 Å². The van der Waals surface area contributed by atoms with Crippen LogP contribution in [-0.4, -0.2) is 17.9 Å². The topological polar surface area (TPSA) is 43.4 Å². The number of hydrogen-bond acceptors (Lipinski definition) is 3. The Labute approximate surface area is 95.4 Å². The Bertz CT molecular complexity index is 357. The number of ketones is 1. The van der Waals surface area contributed by atoms with Gasteiger partial charge in [-0.25, -0.2) is 0 Å². The van der Waals surface area contributed by atoms with Crippen LogP contribution < -0.4 is 0 Å². The molecule has 1 rings (SSSR count).